The molecule has 7 heteroatoms. The van der Waals surface area contributed by atoms with Gasteiger partial charge >= 0.3 is 5.69 Å². The minimum absolute atomic E-state index is 0.0457. The topological polar surface area (TPSA) is 62.7 Å². The summed E-state index contributed by atoms with van der Waals surface area (Å²) in [7, 11) is 1.68. The van der Waals surface area contributed by atoms with E-state index in [2.05, 4.69) is 36.3 Å². The van der Waals surface area contributed by atoms with Crippen LogP contribution < -0.4 is 11.0 Å². The maximum atomic E-state index is 11.3. The Bertz CT molecular complexity index is 687. The molecule has 114 valence electrons. The molecule has 0 amide bonds. The first kappa shape index (κ1) is 16.1. The van der Waals surface area contributed by atoms with Crippen LogP contribution in [0.5, 0.6) is 0 Å². The molecule has 0 radical (unpaired) electrons. The van der Waals surface area contributed by atoms with Gasteiger partial charge in [0, 0.05) is 29.0 Å². The van der Waals surface area contributed by atoms with Crippen molar-refractivity contribution in [2.75, 3.05) is 0 Å². The summed E-state index contributed by atoms with van der Waals surface area (Å²) in [5.41, 5.74) is 0.866. The van der Waals surface area contributed by atoms with Crippen LogP contribution in [0.3, 0.4) is 0 Å². The third-order valence-electron chi connectivity index (χ3n) is 2.88. The lowest BCUT2D eigenvalue weighted by atomic mass is 10.1. The highest BCUT2D eigenvalue weighted by Crippen LogP contribution is 2.29. The number of nitrogens with one attached hydrogen (secondary N) is 2. The first-order valence-electron chi connectivity index (χ1n) is 6.59. The SMILES string of the molecule is Cn1c(Sc2ccc(CNC(C)(C)C)c(Cl)c2)n[nH]c1=O. The highest BCUT2D eigenvalue weighted by molar-refractivity contribution is 7.99. The molecule has 2 aromatic rings. The highest BCUT2D eigenvalue weighted by atomic mass is 35.5. The van der Waals surface area contributed by atoms with E-state index >= 15 is 0 Å². The normalized spacial score (nSPS) is 11.9. The van der Waals surface area contributed by atoms with Gasteiger partial charge in [-0.3, -0.25) is 4.57 Å². The summed E-state index contributed by atoms with van der Waals surface area (Å²) in [6, 6.07) is 5.87. The lowest BCUT2D eigenvalue weighted by Gasteiger charge is -2.21. The van der Waals surface area contributed by atoms with Crippen molar-refractivity contribution in [2.24, 2.45) is 7.05 Å². The van der Waals surface area contributed by atoms with Gasteiger partial charge in [-0.2, -0.15) is 0 Å². The molecule has 0 aliphatic rings. The zero-order valence-electron chi connectivity index (χ0n) is 12.5. The highest BCUT2D eigenvalue weighted by Gasteiger charge is 2.11. The Morgan fingerprint density at radius 3 is 2.67 bits per heavy atom. The number of H-pyrrole nitrogens is 1. The number of halogens is 1. The largest absolute Gasteiger partial charge is 0.343 e. The first-order valence-corrected chi connectivity index (χ1v) is 7.78. The average Bonchev–Trinajstić information content (AvgIpc) is 2.69. The fourth-order valence-corrected chi connectivity index (χ4v) is 2.77. The molecule has 0 spiro atoms. The van der Waals surface area contributed by atoms with Crippen LogP contribution in [0.2, 0.25) is 5.02 Å². The summed E-state index contributed by atoms with van der Waals surface area (Å²) >= 11 is 7.72. The lowest BCUT2D eigenvalue weighted by Crippen LogP contribution is -2.35. The van der Waals surface area contributed by atoms with Crippen molar-refractivity contribution in [3.8, 4) is 0 Å². The molecule has 0 fully saturated rings. The van der Waals surface area contributed by atoms with E-state index in [1.54, 1.807) is 7.05 Å². The second-order valence-corrected chi connectivity index (χ2v) is 7.28. The summed E-state index contributed by atoms with van der Waals surface area (Å²) in [4.78, 5) is 12.3. The average molecular weight is 327 g/mol. The minimum Gasteiger partial charge on any atom is -0.308 e. The van der Waals surface area contributed by atoms with E-state index in [0.29, 0.717) is 16.7 Å². The summed E-state index contributed by atoms with van der Waals surface area (Å²) in [6.07, 6.45) is 0. The molecule has 2 rings (SSSR count). The second-order valence-electron chi connectivity index (χ2n) is 5.83. The molecule has 5 nitrogen and oxygen atoms in total. The molecule has 0 saturated heterocycles. The van der Waals surface area contributed by atoms with Gasteiger partial charge in [0.2, 0.25) is 0 Å². The molecule has 0 unspecified atom stereocenters. The van der Waals surface area contributed by atoms with Crippen molar-refractivity contribution in [3.05, 3.63) is 39.3 Å². The van der Waals surface area contributed by atoms with Crippen LogP contribution in [0.15, 0.2) is 33.0 Å². The van der Waals surface area contributed by atoms with Gasteiger partial charge in [-0.15, -0.1) is 5.10 Å². The molecule has 21 heavy (non-hydrogen) atoms. The smallest absolute Gasteiger partial charge is 0.308 e. The summed E-state index contributed by atoms with van der Waals surface area (Å²) < 4.78 is 1.47. The third-order valence-corrected chi connectivity index (χ3v) is 4.27. The van der Waals surface area contributed by atoms with E-state index in [9.17, 15) is 4.79 Å². The number of hydrogen-bond acceptors (Lipinski definition) is 4. The van der Waals surface area contributed by atoms with Crippen molar-refractivity contribution < 1.29 is 0 Å². The number of benzene rings is 1. The van der Waals surface area contributed by atoms with Gasteiger partial charge in [-0.05, 0) is 50.2 Å². The summed E-state index contributed by atoms with van der Waals surface area (Å²) in [5, 5.41) is 11.1. The van der Waals surface area contributed by atoms with Gasteiger partial charge in [0.1, 0.15) is 0 Å². The lowest BCUT2D eigenvalue weighted by molar-refractivity contribution is 0.424. The van der Waals surface area contributed by atoms with Crippen molar-refractivity contribution in [2.45, 2.75) is 42.9 Å². The first-order chi connectivity index (χ1) is 9.76. The maximum Gasteiger partial charge on any atom is 0.343 e. The zero-order chi connectivity index (χ0) is 15.6. The van der Waals surface area contributed by atoms with Crippen molar-refractivity contribution in [1.82, 2.24) is 20.1 Å². The van der Waals surface area contributed by atoms with E-state index < -0.39 is 0 Å². The molecule has 1 aromatic carbocycles. The molecule has 1 heterocycles. The maximum absolute atomic E-state index is 11.3. The number of aromatic amines is 1. The molecular weight excluding hydrogens is 308 g/mol. The number of hydrogen-bond donors (Lipinski definition) is 2. The Morgan fingerprint density at radius 2 is 2.14 bits per heavy atom. The van der Waals surface area contributed by atoms with Crippen molar-refractivity contribution >= 4 is 23.4 Å². The van der Waals surface area contributed by atoms with Gasteiger partial charge < -0.3 is 5.32 Å². The molecular formula is C14H19ClN4OS. The van der Waals surface area contributed by atoms with Crippen LogP contribution in [0.1, 0.15) is 26.3 Å². The molecule has 0 atom stereocenters. The van der Waals surface area contributed by atoms with Gasteiger partial charge in [-0.1, -0.05) is 17.7 Å². The number of rotatable bonds is 4. The van der Waals surface area contributed by atoms with Gasteiger partial charge in [0.25, 0.3) is 0 Å². The predicted octanol–water partition coefficient (Wildman–Crippen LogP) is 2.80. The van der Waals surface area contributed by atoms with E-state index in [-0.39, 0.29) is 11.2 Å². The Balaban J connectivity index is 2.12. The fraction of sp³-hybridized carbons (Fsp3) is 0.429. The summed E-state index contributed by atoms with van der Waals surface area (Å²) in [6.45, 7) is 7.06. The molecule has 0 saturated carbocycles. The molecule has 0 bridgehead atoms. The molecule has 2 N–H and O–H groups in total. The molecule has 0 aliphatic carbocycles. The van der Waals surface area contributed by atoms with Crippen LogP contribution in [-0.2, 0) is 13.6 Å². The van der Waals surface area contributed by atoms with E-state index in [1.807, 2.05) is 18.2 Å². The van der Waals surface area contributed by atoms with E-state index in [0.717, 1.165) is 10.5 Å². The minimum atomic E-state index is -0.227. The van der Waals surface area contributed by atoms with Crippen LogP contribution in [-0.4, -0.2) is 20.3 Å². The monoisotopic (exact) mass is 326 g/mol. The van der Waals surface area contributed by atoms with Gasteiger partial charge in [0.05, 0.1) is 0 Å². The van der Waals surface area contributed by atoms with Gasteiger partial charge in [-0.25, -0.2) is 9.89 Å². The quantitative estimate of drug-likeness (QED) is 0.907. The van der Waals surface area contributed by atoms with E-state index in [4.69, 9.17) is 11.6 Å². The van der Waals surface area contributed by atoms with Crippen LogP contribution in [0.4, 0.5) is 0 Å². The zero-order valence-corrected chi connectivity index (χ0v) is 14.1. The van der Waals surface area contributed by atoms with Crippen molar-refractivity contribution in [1.29, 1.82) is 0 Å². The Morgan fingerprint density at radius 1 is 1.43 bits per heavy atom. The van der Waals surface area contributed by atoms with E-state index in [1.165, 1.54) is 16.3 Å². The van der Waals surface area contributed by atoms with Gasteiger partial charge in [0.15, 0.2) is 5.16 Å². The summed E-state index contributed by atoms with van der Waals surface area (Å²) in [5.74, 6) is 0. The Hall–Kier alpha value is -1.24. The fourth-order valence-electron chi connectivity index (χ4n) is 1.62. The predicted molar refractivity (Wildman–Crippen MR) is 86.0 cm³/mol. The second kappa shape index (κ2) is 6.25. The Labute approximate surface area is 133 Å². The van der Waals surface area contributed by atoms with Crippen LogP contribution >= 0.6 is 23.4 Å². The number of nitrogens with zero attached hydrogens (tertiary/aromatic N) is 2. The standard InChI is InChI=1S/C14H19ClN4OS/c1-14(2,3)16-8-9-5-6-10(7-11(9)15)21-13-18-17-12(20)19(13)4/h5-7,16H,8H2,1-4H3,(H,17,20). The van der Waals surface area contributed by atoms with Crippen LogP contribution in [0, 0.1) is 0 Å². The Kier molecular flexibility index (Phi) is 4.81. The molecule has 0 aliphatic heterocycles. The van der Waals surface area contributed by atoms with Crippen molar-refractivity contribution in [3.63, 3.8) is 0 Å². The van der Waals surface area contributed by atoms with Crippen LogP contribution in [0.25, 0.3) is 0 Å². The molecule has 1 aromatic heterocycles. The third kappa shape index (κ3) is 4.36. The number of aromatic nitrogens is 3.